The van der Waals surface area contributed by atoms with Gasteiger partial charge in [-0.15, -0.1) is 0 Å². The molecule has 1 heteroatoms. The van der Waals surface area contributed by atoms with Crippen molar-refractivity contribution in [3.63, 3.8) is 0 Å². The van der Waals surface area contributed by atoms with Crippen LogP contribution in [0.3, 0.4) is 0 Å². The Bertz CT molecular complexity index is 221. The van der Waals surface area contributed by atoms with Crippen LogP contribution in [0.4, 0.5) is 0 Å². The molecule has 0 amide bonds. The molecule has 3 aliphatic carbocycles. The summed E-state index contributed by atoms with van der Waals surface area (Å²) in [6, 6.07) is 0. The van der Waals surface area contributed by atoms with Gasteiger partial charge in [-0.2, -0.15) is 0 Å². The van der Waals surface area contributed by atoms with Gasteiger partial charge < -0.3 is 4.74 Å². The molecule has 2 fully saturated rings. The molecule has 12 heavy (non-hydrogen) atoms. The average molecular weight is 164 g/mol. The lowest BCUT2D eigenvalue weighted by Gasteiger charge is -2.28. The van der Waals surface area contributed by atoms with Crippen LogP contribution in [0.15, 0.2) is 12.2 Å². The van der Waals surface area contributed by atoms with Crippen LogP contribution in [-0.2, 0) is 4.74 Å². The van der Waals surface area contributed by atoms with Crippen molar-refractivity contribution in [2.24, 2.45) is 23.7 Å². The minimum absolute atomic E-state index is 0.554. The lowest BCUT2D eigenvalue weighted by Crippen LogP contribution is -2.21. The summed E-state index contributed by atoms with van der Waals surface area (Å²) >= 11 is 0. The van der Waals surface area contributed by atoms with Crippen LogP contribution >= 0.6 is 0 Å². The van der Waals surface area contributed by atoms with E-state index in [9.17, 15) is 0 Å². The third kappa shape index (κ3) is 0.779. The zero-order chi connectivity index (χ0) is 8.13. The first-order valence-electron chi connectivity index (χ1n) is 5.09. The minimum Gasteiger partial charge on any atom is -0.381 e. The quantitative estimate of drug-likeness (QED) is 0.540. The van der Waals surface area contributed by atoms with Crippen LogP contribution < -0.4 is 0 Å². The van der Waals surface area contributed by atoms with E-state index >= 15 is 0 Å². The topological polar surface area (TPSA) is 9.23 Å². The Kier molecular flexibility index (Phi) is 1.40. The molecule has 66 valence electrons. The van der Waals surface area contributed by atoms with Crippen molar-refractivity contribution in [2.75, 3.05) is 7.11 Å². The summed E-state index contributed by atoms with van der Waals surface area (Å²) in [6.45, 7) is 0. The van der Waals surface area contributed by atoms with E-state index in [0.29, 0.717) is 6.10 Å². The van der Waals surface area contributed by atoms with Crippen molar-refractivity contribution in [3.05, 3.63) is 12.2 Å². The molecule has 0 unspecified atom stereocenters. The van der Waals surface area contributed by atoms with E-state index in [-0.39, 0.29) is 0 Å². The predicted molar refractivity (Wildman–Crippen MR) is 47.7 cm³/mol. The van der Waals surface area contributed by atoms with E-state index in [1.54, 1.807) is 0 Å². The first-order chi connectivity index (χ1) is 5.88. The van der Waals surface area contributed by atoms with Gasteiger partial charge in [-0.3, -0.25) is 0 Å². The number of rotatable bonds is 1. The Morgan fingerprint density at radius 2 is 1.92 bits per heavy atom. The third-order valence-electron chi connectivity index (χ3n) is 4.08. The van der Waals surface area contributed by atoms with Crippen LogP contribution in [0.1, 0.15) is 19.3 Å². The fourth-order valence-corrected chi connectivity index (χ4v) is 3.68. The van der Waals surface area contributed by atoms with Crippen LogP contribution in [0.2, 0.25) is 0 Å². The fraction of sp³-hybridized carbons (Fsp3) is 0.818. The standard InChI is InChI=1S/C11H16O/c1-12-11-9-5-7-2-3-10(11)8(4-7)6-9/h2-3,7-11H,4-6H2,1H3/t7-,8+,9-,10+,11+/m0/s1. The number of ether oxygens (including phenoxy) is 1. The molecule has 0 radical (unpaired) electrons. The molecule has 0 N–H and O–H groups in total. The van der Waals surface area contributed by atoms with Gasteiger partial charge in [-0.05, 0) is 37.0 Å². The maximum atomic E-state index is 5.60. The molecule has 5 atom stereocenters. The first kappa shape index (κ1) is 7.14. The summed E-state index contributed by atoms with van der Waals surface area (Å²) < 4.78 is 5.60. The molecule has 0 spiro atoms. The zero-order valence-corrected chi connectivity index (χ0v) is 7.57. The van der Waals surface area contributed by atoms with E-state index < -0.39 is 0 Å². The molecule has 0 heterocycles. The van der Waals surface area contributed by atoms with E-state index in [1.165, 1.54) is 19.3 Å². The normalized spacial score (nSPS) is 54.9. The lowest BCUT2D eigenvalue weighted by molar-refractivity contribution is 0.0499. The Hall–Kier alpha value is -0.300. The SMILES string of the molecule is CO[C@@H]1[C@H]2C[C@H]3C=C[C@@H]1[C@H](C3)C2. The molecular formula is C11H16O. The Balaban J connectivity index is 1.97. The van der Waals surface area contributed by atoms with Gasteiger partial charge in [0.2, 0.25) is 0 Å². The summed E-state index contributed by atoms with van der Waals surface area (Å²) in [7, 11) is 1.88. The van der Waals surface area contributed by atoms with Crippen molar-refractivity contribution < 1.29 is 4.74 Å². The minimum atomic E-state index is 0.554. The van der Waals surface area contributed by atoms with Gasteiger partial charge in [-0.1, -0.05) is 12.2 Å². The molecular weight excluding hydrogens is 148 g/mol. The summed E-state index contributed by atoms with van der Waals surface area (Å²) in [5.41, 5.74) is 0. The van der Waals surface area contributed by atoms with E-state index in [4.69, 9.17) is 4.74 Å². The van der Waals surface area contributed by atoms with Crippen LogP contribution in [0.5, 0.6) is 0 Å². The molecule has 0 aromatic rings. The molecule has 2 saturated carbocycles. The number of hydrogen-bond donors (Lipinski definition) is 0. The Morgan fingerprint density at radius 3 is 2.75 bits per heavy atom. The monoisotopic (exact) mass is 164 g/mol. The molecule has 3 bridgehead atoms. The highest BCUT2D eigenvalue weighted by Crippen LogP contribution is 2.53. The molecule has 0 saturated heterocycles. The van der Waals surface area contributed by atoms with E-state index in [2.05, 4.69) is 12.2 Å². The smallest absolute Gasteiger partial charge is 0.0664 e. The molecule has 3 rings (SSSR count). The van der Waals surface area contributed by atoms with Crippen molar-refractivity contribution in [1.82, 2.24) is 0 Å². The third-order valence-corrected chi connectivity index (χ3v) is 4.08. The summed E-state index contributed by atoms with van der Waals surface area (Å²) in [4.78, 5) is 0. The first-order valence-corrected chi connectivity index (χ1v) is 5.09. The number of methoxy groups -OCH3 is 1. The molecule has 0 aliphatic heterocycles. The van der Waals surface area contributed by atoms with Crippen molar-refractivity contribution in [1.29, 1.82) is 0 Å². The largest absolute Gasteiger partial charge is 0.381 e. The van der Waals surface area contributed by atoms with Gasteiger partial charge >= 0.3 is 0 Å². The summed E-state index contributed by atoms with van der Waals surface area (Å²) in [5.74, 6) is 3.49. The van der Waals surface area contributed by atoms with Gasteiger partial charge in [0.25, 0.3) is 0 Å². The predicted octanol–water partition coefficient (Wildman–Crippen LogP) is 2.23. The average Bonchev–Trinajstić information content (AvgIpc) is 2.24. The van der Waals surface area contributed by atoms with E-state index in [0.717, 1.165) is 23.7 Å². The zero-order valence-electron chi connectivity index (χ0n) is 7.57. The van der Waals surface area contributed by atoms with Crippen molar-refractivity contribution >= 4 is 0 Å². The molecule has 1 nitrogen and oxygen atoms in total. The second kappa shape index (κ2) is 2.35. The van der Waals surface area contributed by atoms with E-state index in [1.807, 2.05) is 7.11 Å². The highest BCUT2D eigenvalue weighted by molar-refractivity contribution is 5.13. The second-order valence-electron chi connectivity index (χ2n) is 4.65. The van der Waals surface area contributed by atoms with Gasteiger partial charge in [0.05, 0.1) is 6.10 Å². The van der Waals surface area contributed by atoms with Crippen molar-refractivity contribution in [2.45, 2.75) is 25.4 Å². The number of allylic oxidation sites excluding steroid dienone is 1. The highest BCUT2D eigenvalue weighted by atomic mass is 16.5. The second-order valence-corrected chi connectivity index (χ2v) is 4.65. The fourth-order valence-electron chi connectivity index (χ4n) is 3.68. The molecule has 0 aromatic heterocycles. The van der Waals surface area contributed by atoms with Crippen LogP contribution in [0, 0.1) is 23.7 Å². The summed E-state index contributed by atoms with van der Waals surface area (Å²) in [5, 5.41) is 0. The van der Waals surface area contributed by atoms with Crippen molar-refractivity contribution in [3.8, 4) is 0 Å². The molecule has 3 aliphatic rings. The number of fused-ring (bicyclic) bond motifs is 2. The summed E-state index contributed by atoms with van der Waals surface area (Å²) in [6.07, 6.45) is 9.69. The van der Waals surface area contributed by atoms with Gasteiger partial charge in [0.1, 0.15) is 0 Å². The Labute approximate surface area is 73.8 Å². The maximum absolute atomic E-state index is 5.60. The Morgan fingerprint density at radius 1 is 1.08 bits per heavy atom. The maximum Gasteiger partial charge on any atom is 0.0664 e. The van der Waals surface area contributed by atoms with Gasteiger partial charge in [-0.25, -0.2) is 0 Å². The van der Waals surface area contributed by atoms with Crippen LogP contribution in [0.25, 0.3) is 0 Å². The van der Waals surface area contributed by atoms with Gasteiger partial charge in [0.15, 0.2) is 0 Å². The van der Waals surface area contributed by atoms with Crippen LogP contribution in [-0.4, -0.2) is 13.2 Å². The lowest BCUT2D eigenvalue weighted by atomic mass is 9.76. The highest BCUT2D eigenvalue weighted by Gasteiger charge is 2.48. The number of hydrogen-bond acceptors (Lipinski definition) is 1. The van der Waals surface area contributed by atoms with Gasteiger partial charge in [0, 0.05) is 13.0 Å². The molecule has 0 aromatic carbocycles.